The molecule has 0 fully saturated rings. The molecule has 0 unspecified atom stereocenters. The van der Waals surface area contributed by atoms with Gasteiger partial charge in [-0.05, 0) is 43.4 Å². The minimum Gasteiger partial charge on any atom is -0.410 e. The number of thiocarbonyl (C=S) groups is 1. The van der Waals surface area contributed by atoms with Gasteiger partial charge in [0.1, 0.15) is 5.75 Å². The number of ether oxygens (including phenoxy) is 1. The van der Waals surface area contributed by atoms with Gasteiger partial charge in [-0.2, -0.15) is 0 Å². The number of aryl methyl sites for hydroxylation is 1. The molecule has 0 saturated heterocycles. The zero-order valence-corrected chi connectivity index (χ0v) is 11.8. The molecule has 0 heterocycles. The topological polar surface area (TPSA) is 55.6 Å². The van der Waals surface area contributed by atoms with Crippen molar-refractivity contribution in [3.05, 3.63) is 60.2 Å². The minimum atomic E-state index is -0.632. The normalized spacial score (nSPS) is 9.85. The van der Waals surface area contributed by atoms with E-state index in [9.17, 15) is 4.79 Å². The quantitative estimate of drug-likeness (QED) is 0.861. The average Bonchev–Trinajstić information content (AvgIpc) is 2.42. The maximum absolute atomic E-state index is 12.2. The van der Waals surface area contributed by atoms with Crippen LogP contribution in [0.3, 0.4) is 0 Å². The Kier molecular flexibility index (Phi) is 4.32. The molecule has 2 aromatic rings. The van der Waals surface area contributed by atoms with Crippen molar-refractivity contribution in [3.63, 3.8) is 0 Å². The van der Waals surface area contributed by atoms with E-state index in [0.29, 0.717) is 11.4 Å². The maximum atomic E-state index is 12.2. The lowest BCUT2D eigenvalue weighted by Gasteiger charge is -2.20. The molecule has 0 aromatic heterocycles. The molecular weight excluding hydrogens is 272 g/mol. The Morgan fingerprint density at radius 2 is 1.70 bits per heavy atom. The highest BCUT2D eigenvalue weighted by Gasteiger charge is 2.20. The van der Waals surface area contributed by atoms with Crippen LogP contribution in [0, 0.1) is 6.92 Å². The van der Waals surface area contributed by atoms with Crippen LogP contribution in [0.4, 0.5) is 10.5 Å². The summed E-state index contributed by atoms with van der Waals surface area (Å²) in [5.74, 6) is 0.436. The minimum absolute atomic E-state index is 0.0604. The number of hydrogen-bond acceptors (Lipinski definition) is 3. The molecular formula is C15H14N2O2S. The third-order valence-electron chi connectivity index (χ3n) is 2.64. The van der Waals surface area contributed by atoms with Crippen LogP contribution >= 0.6 is 12.2 Å². The number of hydrogen-bond donors (Lipinski definition) is 1. The first-order valence-corrected chi connectivity index (χ1v) is 6.42. The van der Waals surface area contributed by atoms with Gasteiger partial charge in [-0.25, -0.2) is 9.69 Å². The SMILES string of the molecule is Cc1ccc(N(C(=O)Oc2ccccc2)C(N)=S)cc1. The van der Waals surface area contributed by atoms with Crippen LogP contribution in [0.2, 0.25) is 0 Å². The molecule has 5 heteroatoms. The molecule has 0 radical (unpaired) electrons. The first kappa shape index (κ1) is 14.0. The molecule has 1 amide bonds. The average molecular weight is 286 g/mol. The largest absolute Gasteiger partial charge is 0.426 e. The highest BCUT2D eigenvalue weighted by molar-refractivity contribution is 7.80. The van der Waals surface area contributed by atoms with Gasteiger partial charge in [0, 0.05) is 0 Å². The summed E-state index contributed by atoms with van der Waals surface area (Å²) < 4.78 is 5.24. The fraction of sp³-hybridized carbons (Fsp3) is 0.0667. The number of carbonyl (C=O) groups is 1. The standard InChI is InChI=1S/C15H14N2O2S/c1-11-7-9-12(10-8-11)17(14(16)20)15(18)19-13-5-3-2-4-6-13/h2-10H,1H3,(H2,16,20). The van der Waals surface area contributed by atoms with Crippen LogP contribution in [0.5, 0.6) is 5.75 Å². The first-order valence-electron chi connectivity index (χ1n) is 6.01. The molecule has 2 rings (SSSR count). The van der Waals surface area contributed by atoms with Gasteiger partial charge in [-0.15, -0.1) is 0 Å². The molecule has 102 valence electrons. The smallest absolute Gasteiger partial charge is 0.410 e. The van der Waals surface area contributed by atoms with Gasteiger partial charge in [-0.3, -0.25) is 0 Å². The zero-order chi connectivity index (χ0) is 14.5. The highest BCUT2D eigenvalue weighted by Crippen LogP contribution is 2.18. The molecule has 20 heavy (non-hydrogen) atoms. The predicted molar refractivity (Wildman–Crippen MR) is 82.9 cm³/mol. The van der Waals surface area contributed by atoms with Gasteiger partial charge in [-0.1, -0.05) is 35.9 Å². The summed E-state index contributed by atoms with van der Waals surface area (Å²) in [5.41, 5.74) is 7.27. The van der Waals surface area contributed by atoms with Crippen molar-refractivity contribution < 1.29 is 9.53 Å². The van der Waals surface area contributed by atoms with E-state index in [1.54, 1.807) is 36.4 Å². The Labute approximate surface area is 122 Å². The highest BCUT2D eigenvalue weighted by atomic mass is 32.1. The second kappa shape index (κ2) is 6.16. The van der Waals surface area contributed by atoms with Crippen molar-refractivity contribution in [2.24, 2.45) is 5.73 Å². The summed E-state index contributed by atoms with van der Waals surface area (Å²) in [7, 11) is 0. The molecule has 4 nitrogen and oxygen atoms in total. The van der Waals surface area contributed by atoms with Crippen LogP contribution in [0.1, 0.15) is 5.56 Å². The maximum Gasteiger partial charge on any atom is 0.426 e. The molecule has 0 saturated carbocycles. The van der Waals surface area contributed by atoms with Crippen LogP contribution in [-0.2, 0) is 0 Å². The molecule has 2 aromatic carbocycles. The summed E-state index contributed by atoms with van der Waals surface area (Å²) in [6.07, 6.45) is -0.632. The summed E-state index contributed by atoms with van der Waals surface area (Å²) in [6.45, 7) is 1.96. The molecule has 0 aliphatic carbocycles. The van der Waals surface area contributed by atoms with Crippen LogP contribution in [0.15, 0.2) is 54.6 Å². The molecule has 0 aliphatic heterocycles. The van der Waals surface area contributed by atoms with E-state index >= 15 is 0 Å². The Bertz CT molecular complexity index is 612. The van der Waals surface area contributed by atoms with Gasteiger partial charge in [0.2, 0.25) is 0 Å². The van der Waals surface area contributed by atoms with E-state index in [2.05, 4.69) is 0 Å². The number of nitrogens with two attached hydrogens (primary N) is 1. The van der Waals surface area contributed by atoms with Crippen LogP contribution in [-0.4, -0.2) is 11.2 Å². The third-order valence-corrected chi connectivity index (χ3v) is 2.83. The van der Waals surface area contributed by atoms with Gasteiger partial charge in [0.25, 0.3) is 0 Å². The fourth-order valence-corrected chi connectivity index (χ4v) is 1.83. The number of benzene rings is 2. The van der Waals surface area contributed by atoms with Crippen molar-refractivity contribution >= 4 is 29.1 Å². The lowest BCUT2D eigenvalue weighted by Crippen LogP contribution is -2.42. The number of rotatable bonds is 2. The number of carbonyl (C=O) groups excluding carboxylic acids is 1. The second-order valence-electron chi connectivity index (χ2n) is 4.19. The Balaban J connectivity index is 2.23. The van der Waals surface area contributed by atoms with E-state index in [1.165, 1.54) is 0 Å². The van der Waals surface area contributed by atoms with Gasteiger partial charge < -0.3 is 10.5 Å². The summed E-state index contributed by atoms with van der Waals surface area (Å²) in [4.78, 5) is 13.3. The van der Waals surface area contributed by atoms with E-state index < -0.39 is 6.09 Å². The third kappa shape index (κ3) is 3.33. The van der Waals surface area contributed by atoms with Crippen molar-refractivity contribution in [1.29, 1.82) is 0 Å². The fourth-order valence-electron chi connectivity index (χ4n) is 1.65. The zero-order valence-electron chi connectivity index (χ0n) is 10.9. The van der Waals surface area contributed by atoms with E-state index in [-0.39, 0.29) is 5.11 Å². The first-order chi connectivity index (χ1) is 9.58. The Hall–Kier alpha value is -2.40. The summed E-state index contributed by atoms with van der Waals surface area (Å²) in [5, 5.41) is -0.0604. The number of para-hydroxylation sites is 1. The molecule has 2 N–H and O–H groups in total. The van der Waals surface area contributed by atoms with Gasteiger partial charge >= 0.3 is 6.09 Å². The number of amides is 1. The monoisotopic (exact) mass is 286 g/mol. The Morgan fingerprint density at radius 3 is 2.25 bits per heavy atom. The van der Waals surface area contributed by atoms with E-state index in [0.717, 1.165) is 10.5 Å². The van der Waals surface area contributed by atoms with Crippen molar-refractivity contribution in [3.8, 4) is 5.75 Å². The second-order valence-corrected chi connectivity index (χ2v) is 4.61. The van der Waals surface area contributed by atoms with Gasteiger partial charge in [0.15, 0.2) is 5.11 Å². The van der Waals surface area contributed by atoms with E-state index in [1.807, 2.05) is 25.1 Å². The lowest BCUT2D eigenvalue weighted by molar-refractivity contribution is 0.211. The van der Waals surface area contributed by atoms with Crippen molar-refractivity contribution in [2.45, 2.75) is 6.92 Å². The lowest BCUT2D eigenvalue weighted by atomic mass is 10.2. The molecule has 0 atom stereocenters. The van der Waals surface area contributed by atoms with Crippen molar-refractivity contribution in [1.82, 2.24) is 0 Å². The summed E-state index contributed by atoms with van der Waals surface area (Å²) >= 11 is 4.93. The molecule has 0 bridgehead atoms. The summed E-state index contributed by atoms with van der Waals surface area (Å²) in [6, 6.07) is 16.0. The predicted octanol–water partition coefficient (Wildman–Crippen LogP) is 3.24. The van der Waals surface area contributed by atoms with E-state index in [4.69, 9.17) is 22.7 Å². The molecule has 0 spiro atoms. The van der Waals surface area contributed by atoms with Crippen molar-refractivity contribution in [2.75, 3.05) is 4.90 Å². The van der Waals surface area contributed by atoms with Crippen LogP contribution in [0.25, 0.3) is 0 Å². The van der Waals surface area contributed by atoms with Crippen LogP contribution < -0.4 is 15.4 Å². The number of nitrogens with zero attached hydrogens (tertiary/aromatic N) is 1. The number of anilines is 1. The Morgan fingerprint density at radius 1 is 1.10 bits per heavy atom. The molecule has 0 aliphatic rings. The van der Waals surface area contributed by atoms with Gasteiger partial charge in [0.05, 0.1) is 5.69 Å².